The summed E-state index contributed by atoms with van der Waals surface area (Å²) in [6, 6.07) is 10.0. The highest BCUT2D eigenvalue weighted by Gasteiger charge is 2.07. The summed E-state index contributed by atoms with van der Waals surface area (Å²) in [5, 5.41) is 3.32. The summed E-state index contributed by atoms with van der Waals surface area (Å²) in [5.74, 6) is 2.55. The number of hydrogen-bond donors (Lipinski definition) is 1. The molecule has 0 saturated carbocycles. The zero-order valence-corrected chi connectivity index (χ0v) is 13.6. The molecule has 1 aromatic heterocycles. The van der Waals surface area contributed by atoms with Crippen LogP contribution in [0.2, 0.25) is 0 Å². The molecule has 0 radical (unpaired) electrons. The molecule has 5 heteroatoms. The number of rotatable bonds is 5. The van der Waals surface area contributed by atoms with Crippen molar-refractivity contribution < 1.29 is 0 Å². The molecule has 1 aromatic carbocycles. The molecule has 2 aromatic rings. The molecule has 2 rings (SSSR count). The van der Waals surface area contributed by atoms with Crippen molar-refractivity contribution >= 4 is 33.3 Å². The Balaban J connectivity index is 2.25. The number of hydrogen-bond acceptors (Lipinski definition) is 4. The van der Waals surface area contributed by atoms with E-state index in [0.717, 1.165) is 40.7 Å². The predicted octanol–water partition coefficient (Wildman–Crippen LogP) is 4.14. The minimum Gasteiger partial charge on any atom is -0.357 e. The predicted molar refractivity (Wildman–Crippen MR) is 87.8 cm³/mol. The Morgan fingerprint density at radius 1 is 1.10 bits per heavy atom. The van der Waals surface area contributed by atoms with Crippen LogP contribution >= 0.6 is 15.9 Å². The van der Waals surface area contributed by atoms with Gasteiger partial charge in [0.15, 0.2) is 0 Å². The molecule has 4 nitrogen and oxygen atoms in total. The third-order valence-electron chi connectivity index (χ3n) is 3.03. The maximum atomic E-state index is 4.50. The van der Waals surface area contributed by atoms with E-state index < -0.39 is 0 Å². The van der Waals surface area contributed by atoms with E-state index in [1.807, 2.05) is 37.3 Å². The standard InChI is InChI=1S/C15H19BrN4/c1-4-20(5-2)15-10-14(17-11(3)18-15)19-13-8-6-12(16)7-9-13/h6-10H,4-5H2,1-3H3,(H,17,18,19). The number of nitrogens with one attached hydrogen (secondary N) is 1. The fourth-order valence-corrected chi connectivity index (χ4v) is 2.27. The van der Waals surface area contributed by atoms with Crippen LogP contribution in [0.3, 0.4) is 0 Å². The number of nitrogens with zero attached hydrogens (tertiary/aromatic N) is 3. The van der Waals surface area contributed by atoms with Crippen LogP contribution in [-0.2, 0) is 0 Å². The fraction of sp³-hybridized carbons (Fsp3) is 0.333. The molecule has 0 unspecified atom stereocenters. The highest BCUT2D eigenvalue weighted by Crippen LogP contribution is 2.21. The van der Waals surface area contributed by atoms with Crippen molar-refractivity contribution in [1.29, 1.82) is 0 Å². The van der Waals surface area contributed by atoms with Crippen LogP contribution in [0.4, 0.5) is 17.3 Å². The molecule has 0 amide bonds. The zero-order valence-electron chi connectivity index (χ0n) is 12.0. The third kappa shape index (κ3) is 3.70. The van der Waals surface area contributed by atoms with Gasteiger partial charge in [0.25, 0.3) is 0 Å². The van der Waals surface area contributed by atoms with E-state index in [2.05, 4.69) is 50.0 Å². The average molecular weight is 335 g/mol. The summed E-state index contributed by atoms with van der Waals surface area (Å²) in [7, 11) is 0. The summed E-state index contributed by atoms with van der Waals surface area (Å²) < 4.78 is 1.06. The molecule has 1 N–H and O–H groups in total. The number of halogens is 1. The van der Waals surface area contributed by atoms with E-state index in [-0.39, 0.29) is 0 Å². The van der Waals surface area contributed by atoms with E-state index >= 15 is 0 Å². The summed E-state index contributed by atoms with van der Waals surface area (Å²) in [4.78, 5) is 11.2. The lowest BCUT2D eigenvalue weighted by molar-refractivity contribution is 0.835. The molecule has 0 spiro atoms. The molecule has 0 atom stereocenters. The minimum atomic E-state index is 0.772. The number of benzene rings is 1. The second kappa shape index (κ2) is 6.70. The van der Waals surface area contributed by atoms with Gasteiger partial charge in [-0.3, -0.25) is 0 Å². The highest BCUT2D eigenvalue weighted by atomic mass is 79.9. The molecule has 0 saturated heterocycles. The van der Waals surface area contributed by atoms with E-state index in [1.165, 1.54) is 0 Å². The lowest BCUT2D eigenvalue weighted by atomic mass is 10.3. The maximum absolute atomic E-state index is 4.50. The first-order valence-electron chi connectivity index (χ1n) is 6.75. The summed E-state index contributed by atoms with van der Waals surface area (Å²) in [6.07, 6.45) is 0. The second-order valence-corrected chi connectivity index (χ2v) is 5.38. The Hall–Kier alpha value is -1.62. The van der Waals surface area contributed by atoms with Crippen LogP contribution in [0.1, 0.15) is 19.7 Å². The molecular weight excluding hydrogens is 316 g/mol. The molecule has 0 aliphatic carbocycles. The molecule has 0 fully saturated rings. The van der Waals surface area contributed by atoms with Gasteiger partial charge in [0, 0.05) is 29.3 Å². The lowest BCUT2D eigenvalue weighted by Gasteiger charge is -2.20. The number of anilines is 3. The van der Waals surface area contributed by atoms with Gasteiger partial charge < -0.3 is 10.2 Å². The first kappa shape index (κ1) is 14.8. The summed E-state index contributed by atoms with van der Waals surface area (Å²) in [6.45, 7) is 8.04. The van der Waals surface area contributed by atoms with Crippen molar-refractivity contribution in [2.24, 2.45) is 0 Å². The Morgan fingerprint density at radius 2 is 1.75 bits per heavy atom. The number of aryl methyl sites for hydroxylation is 1. The number of aromatic nitrogens is 2. The monoisotopic (exact) mass is 334 g/mol. The van der Waals surface area contributed by atoms with Crippen LogP contribution in [-0.4, -0.2) is 23.1 Å². The average Bonchev–Trinajstić information content (AvgIpc) is 2.42. The largest absolute Gasteiger partial charge is 0.357 e. The van der Waals surface area contributed by atoms with Crippen molar-refractivity contribution in [1.82, 2.24) is 9.97 Å². The van der Waals surface area contributed by atoms with Gasteiger partial charge in [-0.05, 0) is 45.0 Å². The van der Waals surface area contributed by atoms with Gasteiger partial charge >= 0.3 is 0 Å². The second-order valence-electron chi connectivity index (χ2n) is 4.46. The van der Waals surface area contributed by atoms with Gasteiger partial charge in [0.1, 0.15) is 17.5 Å². The van der Waals surface area contributed by atoms with Crippen LogP contribution in [0.25, 0.3) is 0 Å². The van der Waals surface area contributed by atoms with Crippen LogP contribution in [0.5, 0.6) is 0 Å². The van der Waals surface area contributed by atoms with Crippen molar-refractivity contribution in [2.75, 3.05) is 23.3 Å². The Labute approximate surface area is 128 Å². The van der Waals surface area contributed by atoms with Crippen molar-refractivity contribution in [3.05, 3.63) is 40.6 Å². The van der Waals surface area contributed by atoms with Crippen molar-refractivity contribution in [2.45, 2.75) is 20.8 Å². The molecule has 106 valence electrons. The van der Waals surface area contributed by atoms with Gasteiger partial charge in [-0.1, -0.05) is 15.9 Å². The topological polar surface area (TPSA) is 41.0 Å². The van der Waals surface area contributed by atoms with E-state index in [9.17, 15) is 0 Å². The van der Waals surface area contributed by atoms with E-state index in [4.69, 9.17) is 0 Å². The SMILES string of the molecule is CCN(CC)c1cc(Nc2ccc(Br)cc2)nc(C)n1. The van der Waals surface area contributed by atoms with Crippen molar-refractivity contribution in [3.8, 4) is 0 Å². The Kier molecular flexibility index (Phi) is 4.95. The normalized spacial score (nSPS) is 10.4. The maximum Gasteiger partial charge on any atom is 0.136 e. The van der Waals surface area contributed by atoms with Crippen LogP contribution < -0.4 is 10.2 Å². The molecule has 20 heavy (non-hydrogen) atoms. The molecule has 1 heterocycles. The van der Waals surface area contributed by atoms with E-state index in [1.54, 1.807) is 0 Å². The minimum absolute atomic E-state index is 0.772. The molecule has 0 aliphatic rings. The lowest BCUT2D eigenvalue weighted by Crippen LogP contribution is -2.23. The quantitative estimate of drug-likeness (QED) is 0.892. The van der Waals surface area contributed by atoms with Gasteiger partial charge in [-0.15, -0.1) is 0 Å². The summed E-state index contributed by atoms with van der Waals surface area (Å²) >= 11 is 3.43. The Bertz CT molecular complexity index is 565. The van der Waals surface area contributed by atoms with Crippen molar-refractivity contribution in [3.63, 3.8) is 0 Å². The molecular formula is C15H19BrN4. The van der Waals surface area contributed by atoms with Gasteiger partial charge in [-0.2, -0.15) is 0 Å². The van der Waals surface area contributed by atoms with Crippen LogP contribution in [0.15, 0.2) is 34.8 Å². The van der Waals surface area contributed by atoms with Crippen LogP contribution in [0, 0.1) is 6.92 Å². The third-order valence-corrected chi connectivity index (χ3v) is 3.56. The first-order valence-corrected chi connectivity index (χ1v) is 7.55. The molecule has 0 aliphatic heterocycles. The zero-order chi connectivity index (χ0) is 14.5. The fourth-order valence-electron chi connectivity index (χ4n) is 2.01. The highest BCUT2D eigenvalue weighted by molar-refractivity contribution is 9.10. The van der Waals surface area contributed by atoms with Gasteiger partial charge in [0.2, 0.25) is 0 Å². The van der Waals surface area contributed by atoms with Gasteiger partial charge in [-0.25, -0.2) is 9.97 Å². The van der Waals surface area contributed by atoms with Gasteiger partial charge in [0.05, 0.1) is 0 Å². The first-order chi connectivity index (χ1) is 9.62. The van der Waals surface area contributed by atoms with E-state index in [0.29, 0.717) is 0 Å². The summed E-state index contributed by atoms with van der Waals surface area (Å²) in [5.41, 5.74) is 1.01. The smallest absolute Gasteiger partial charge is 0.136 e. The molecule has 0 bridgehead atoms. The Morgan fingerprint density at radius 3 is 2.35 bits per heavy atom.